The van der Waals surface area contributed by atoms with E-state index >= 15 is 0 Å². The maximum Gasteiger partial charge on any atom is 0.257 e. The quantitative estimate of drug-likeness (QED) is 0.676. The molecular weight excluding hydrogens is 348 g/mol. The van der Waals surface area contributed by atoms with Crippen LogP contribution in [-0.2, 0) is 0 Å². The molecule has 0 unspecified atom stereocenters. The number of methoxy groups -OCH3 is 1. The van der Waals surface area contributed by atoms with Gasteiger partial charge in [0, 0.05) is 31.4 Å². The highest BCUT2D eigenvalue weighted by Gasteiger charge is 2.29. The number of rotatable bonds is 3. The third kappa shape index (κ3) is 3.42. The number of nitrogens with zero attached hydrogens (tertiary/aromatic N) is 2. The minimum Gasteiger partial charge on any atom is -0.496 e. The van der Waals surface area contributed by atoms with Crippen LogP contribution in [0.3, 0.4) is 0 Å². The molecule has 1 atom stereocenters. The van der Waals surface area contributed by atoms with E-state index in [4.69, 9.17) is 4.74 Å². The van der Waals surface area contributed by atoms with Crippen molar-refractivity contribution in [3.63, 3.8) is 0 Å². The number of hydrogen-bond donors (Lipinski definition) is 0. The van der Waals surface area contributed by atoms with Crippen LogP contribution >= 0.6 is 0 Å². The van der Waals surface area contributed by atoms with Gasteiger partial charge in [0.15, 0.2) is 0 Å². The van der Waals surface area contributed by atoms with Crippen molar-refractivity contribution < 1.29 is 9.53 Å². The summed E-state index contributed by atoms with van der Waals surface area (Å²) in [4.78, 5) is 17.6. The number of hydrogen-bond acceptors (Lipinski definition) is 3. The molecule has 3 aromatic rings. The first-order valence-electron chi connectivity index (χ1n) is 9.76. The van der Waals surface area contributed by atoms with Gasteiger partial charge in [-0.15, -0.1) is 0 Å². The Labute approximate surface area is 166 Å². The zero-order valence-corrected chi connectivity index (χ0v) is 16.7. The molecule has 4 nitrogen and oxygen atoms in total. The van der Waals surface area contributed by atoms with Crippen LogP contribution in [0, 0.1) is 6.92 Å². The minimum atomic E-state index is 0.0401. The van der Waals surface area contributed by atoms with Crippen molar-refractivity contribution in [3.8, 4) is 5.75 Å². The molecule has 144 valence electrons. The molecule has 1 aliphatic heterocycles. The number of fused-ring (bicyclic) bond motifs is 1. The predicted molar refractivity (Wildman–Crippen MR) is 114 cm³/mol. The summed E-state index contributed by atoms with van der Waals surface area (Å²) >= 11 is 0. The summed E-state index contributed by atoms with van der Waals surface area (Å²) in [6.07, 6.45) is 0. The third-order valence-corrected chi connectivity index (χ3v) is 5.55. The molecule has 28 heavy (non-hydrogen) atoms. The summed E-state index contributed by atoms with van der Waals surface area (Å²) < 4.78 is 5.54. The second-order valence-electron chi connectivity index (χ2n) is 7.53. The van der Waals surface area contributed by atoms with Gasteiger partial charge in [-0.3, -0.25) is 4.79 Å². The van der Waals surface area contributed by atoms with Crippen LogP contribution in [0.15, 0.2) is 60.7 Å². The number of amides is 1. The summed E-state index contributed by atoms with van der Waals surface area (Å²) in [5.74, 6) is 0.677. The number of carbonyl (C=O) groups excluding carboxylic acids is 1. The van der Waals surface area contributed by atoms with Crippen LogP contribution in [0.2, 0.25) is 0 Å². The van der Waals surface area contributed by atoms with Crippen molar-refractivity contribution in [2.45, 2.75) is 19.9 Å². The van der Waals surface area contributed by atoms with Gasteiger partial charge in [-0.05, 0) is 54.4 Å². The van der Waals surface area contributed by atoms with Gasteiger partial charge >= 0.3 is 0 Å². The van der Waals surface area contributed by atoms with E-state index in [2.05, 4.69) is 43.0 Å². The van der Waals surface area contributed by atoms with Crippen molar-refractivity contribution in [1.29, 1.82) is 0 Å². The third-order valence-electron chi connectivity index (χ3n) is 5.55. The van der Waals surface area contributed by atoms with E-state index in [-0.39, 0.29) is 11.9 Å². The lowest BCUT2D eigenvalue weighted by Gasteiger charge is -2.41. The molecular formula is C24H26N2O2. The van der Waals surface area contributed by atoms with Crippen molar-refractivity contribution in [1.82, 2.24) is 4.90 Å². The number of anilines is 1. The van der Waals surface area contributed by atoms with Crippen molar-refractivity contribution in [3.05, 3.63) is 71.8 Å². The molecule has 1 heterocycles. The molecule has 0 aromatic heterocycles. The van der Waals surface area contributed by atoms with Gasteiger partial charge in [0.2, 0.25) is 0 Å². The largest absolute Gasteiger partial charge is 0.496 e. The van der Waals surface area contributed by atoms with Crippen LogP contribution in [-0.4, -0.2) is 43.6 Å². The lowest BCUT2D eigenvalue weighted by Crippen LogP contribution is -2.53. The molecule has 3 aromatic carbocycles. The maximum atomic E-state index is 13.3. The second kappa shape index (κ2) is 7.55. The lowest BCUT2D eigenvalue weighted by molar-refractivity contribution is 0.0723. The Morgan fingerprint density at radius 3 is 2.43 bits per heavy atom. The Bertz CT molecular complexity index is 1010. The molecule has 0 aliphatic carbocycles. The maximum absolute atomic E-state index is 13.3. The summed E-state index contributed by atoms with van der Waals surface area (Å²) in [6.45, 7) is 6.52. The normalized spacial score (nSPS) is 17.0. The zero-order chi connectivity index (χ0) is 19.7. The first-order chi connectivity index (χ1) is 13.6. The predicted octanol–water partition coefficient (Wildman–Crippen LogP) is 4.51. The van der Waals surface area contributed by atoms with Gasteiger partial charge < -0.3 is 14.5 Å². The summed E-state index contributed by atoms with van der Waals surface area (Å²) in [7, 11) is 1.62. The molecule has 1 saturated heterocycles. The molecule has 1 fully saturated rings. The highest BCUT2D eigenvalue weighted by atomic mass is 16.5. The fourth-order valence-corrected chi connectivity index (χ4v) is 4.06. The SMILES string of the molecule is COc1cc2ccccc2cc1C(=O)N1CCN(c2cccc(C)c2)[C@H](C)C1. The fourth-order valence-electron chi connectivity index (χ4n) is 4.06. The minimum absolute atomic E-state index is 0.0401. The molecule has 4 rings (SSSR count). The standard InChI is InChI=1S/C24H26N2O2/c1-17-7-6-10-21(13-17)26-12-11-25(16-18(26)2)24(27)22-14-19-8-4-5-9-20(19)15-23(22)28-3/h4-10,13-15,18H,11-12,16H2,1-3H3/t18-/m1/s1. The topological polar surface area (TPSA) is 32.8 Å². The fraction of sp³-hybridized carbons (Fsp3) is 0.292. The average molecular weight is 374 g/mol. The van der Waals surface area contributed by atoms with E-state index in [0.29, 0.717) is 24.4 Å². The van der Waals surface area contributed by atoms with Crippen molar-refractivity contribution in [2.24, 2.45) is 0 Å². The molecule has 4 heteroatoms. The van der Waals surface area contributed by atoms with Gasteiger partial charge in [-0.2, -0.15) is 0 Å². The highest BCUT2D eigenvalue weighted by Crippen LogP contribution is 2.28. The van der Waals surface area contributed by atoms with Gasteiger partial charge in [0.25, 0.3) is 5.91 Å². The number of piperazine rings is 1. The summed E-state index contributed by atoms with van der Waals surface area (Å²) in [5.41, 5.74) is 3.12. The molecule has 0 saturated carbocycles. The van der Waals surface area contributed by atoms with Gasteiger partial charge in [-0.25, -0.2) is 0 Å². The smallest absolute Gasteiger partial charge is 0.257 e. The van der Waals surface area contributed by atoms with E-state index in [1.165, 1.54) is 11.3 Å². The van der Waals surface area contributed by atoms with E-state index in [0.717, 1.165) is 17.3 Å². The van der Waals surface area contributed by atoms with Crippen LogP contribution in [0.4, 0.5) is 5.69 Å². The summed E-state index contributed by atoms with van der Waals surface area (Å²) in [5, 5.41) is 2.13. The number of ether oxygens (including phenoxy) is 1. The van der Waals surface area contributed by atoms with E-state index < -0.39 is 0 Å². The van der Waals surface area contributed by atoms with Crippen LogP contribution in [0.5, 0.6) is 5.75 Å². The van der Waals surface area contributed by atoms with E-state index in [1.807, 2.05) is 41.3 Å². The molecule has 0 radical (unpaired) electrons. The Balaban J connectivity index is 1.57. The Kier molecular flexibility index (Phi) is 4.95. The molecule has 0 spiro atoms. The monoisotopic (exact) mass is 374 g/mol. The van der Waals surface area contributed by atoms with E-state index in [9.17, 15) is 4.79 Å². The zero-order valence-electron chi connectivity index (χ0n) is 16.7. The molecule has 1 aliphatic rings. The second-order valence-corrected chi connectivity index (χ2v) is 7.53. The Hall–Kier alpha value is -3.01. The Morgan fingerprint density at radius 2 is 1.75 bits per heavy atom. The van der Waals surface area contributed by atoms with Crippen LogP contribution < -0.4 is 9.64 Å². The number of aryl methyl sites for hydroxylation is 1. The average Bonchev–Trinajstić information content (AvgIpc) is 2.72. The van der Waals surface area contributed by atoms with Crippen LogP contribution in [0.25, 0.3) is 10.8 Å². The highest BCUT2D eigenvalue weighted by molar-refractivity contribution is 6.01. The van der Waals surface area contributed by atoms with Crippen LogP contribution in [0.1, 0.15) is 22.8 Å². The van der Waals surface area contributed by atoms with E-state index in [1.54, 1.807) is 7.11 Å². The first-order valence-corrected chi connectivity index (χ1v) is 9.76. The van der Waals surface area contributed by atoms with Gasteiger partial charge in [0.1, 0.15) is 5.75 Å². The van der Waals surface area contributed by atoms with Crippen molar-refractivity contribution in [2.75, 3.05) is 31.6 Å². The number of carbonyl (C=O) groups is 1. The number of benzene rings is 3. The lowest BCUT2D eigenvalue weighted by atomic mass is 10.0. The Morgan fingerprint density at radius 1 is 1.00 bits per heavy atom. The van der Waals surface area contributed by atoms with Gasteiger partial charge in [-0.1, -0.05) is 36.4 Å². The van der Waals surface area contributed by atoms with Gasteiger partial charge in [0.05, 0.1) is 12.7 Å². The molecule has 0 bridgehead atoms. The molecule has 1 amide bonds. The van der Waals surface area contributed by atoms with Crippen molar-refractivity contribution >= 4 is 22.4 Å². The summed E-state index contributed by atoms with van der Waals surface area (Å²) in [6, 6.07) is 20.8. The molecule has 0 N–H and O–H groups in total. The first kappa shape index (κ1) is 18.4.